The predicted octanol–water partition coefficient (Wildman–Crippen LogP) is 2.94. The lowest BCUT2D eigenvalue weighted by molar-refractivity contribution is -0.122. The average Bonchev–Trinajstić information content (AvgIpc) is 2.65. The molecule has 2 saturated heterocycles. The van der Waals surface area contributed by atoms with Crippen molar-refractivity contribution in [1.82, 2.24) is 0 Å². The summed E-state index contributed by atoms with van der Waals surface area (Å²) in [6.45, 7) is 1.90. The van der Waals surface area contributed by atoms with Crippen LogP contribution in [0.15, 0.2) is 18.2 Å². The van der Waals surface area contributed by atoms with Crippen molar-refractivity contribution in [2.24, 2.45) is 5.92 Å². The lowest BCUT2D eigenvalue weighted by Gasteiger charge is -2.26. The number of halogens is 1. The zero-order chi connectivity index (χ0) is 14.3. The first-order valence-corrected chi connectivity index (χ1v) is 8.49. The van der Waals surface area contributed by atoms with Crippen molar-refractivity contribution in [3.63, 3.8) is 0 Å². The Labute approximate surface area is 121 Å². The summed E-state index contributed by atoms with van der Waals surface area (Å²) < 4.78 is 25.2. The first-order chi connectivity index (χ1) is 9.54. The molecule has 2 fully saturated rings. The minimum Gasteiger partial charge on any atom is -0.299 e. The minimum atomic E-state index is -0.723. The molecule has 2 unspecified atom stereocenters. The highest BCUT2D eigenvalue weighted by molar-refractivity contribution is 7.86. The second kappa shape index (κ2) is 5.40. The molecule has 2 aliphatic rings. The maximum Gasteiger partial charge on any atom is 0.140 e. The van der Waals surface area contributed by atoms with Crippen LogP contribution in [0.4, 0.5) is 4.39 Å². The molecular formula is C16H19FO2S. The Hall–Kier alpha value is -1.03. The molecule has 0 aliphatic carbocycles. The molecule has 0 aromatic heterocycles. The molecule has 1 aromatic rings. The number of Topliss-reactive ketones (excluding diaryl/α,β-unsaturated/α-hetero) is 1. The van der Waals surface area contributed by atoms with Gasteiger partial charge < -0.3 is 0 Å². The van der Waals surface area contributed by atoms with E-state index in [1.54, 1.807) is 6.07 Å². The van der Waals surface area contributed by atoms with Crippen LogP contribution in [0.2, 0.25) is 0 Å². The van der Waals surface area contributed by atoms with Crippen LogP contribution < -0.4 is 0 Å². The van der Waals surface area contributed by atoms with Crippen LogP contribution in [0.1, 0.15) is 36.8 Å². The van der Waals surface area contributed by atoms with E-state index in [-0.39, 0.29) is 28.0 Å². The molecule has 2 nitrogen and oxygen atoms in total. The first kappa shape index (κ1) is 13.9. The van der Waals surface area contributed by atoms with E-state index >= 15 is 0 Å². The molecule has 0 amide bonds. The van der Waals surface area contributed by atoms with Gasteiger partial charge in [0.05, 0.1) is 0 Å². The Morgan fingerprint density at radius 2 is 1.95 bits per heavy atom. The van der Waals surface area contributed by atoms with Crippen molar-refractivity contribution in [3.8, 4) is 0 Å². The summed E-state index contributed by atoms with van der Waals surface area (Å²) in [4.78, 5) is 12.4. The SMILES string of the molecule is Cc1ccc(F)cc1CC(=O)C1CC2CCC(C1)S2=O. The largest absolute Gasteiger partial charge is 0.299 e. The number of benzene rings is 1. The summed E-state index contributed by atoms with van der Waals surface area (Å²) in [5.41, 5.74) is 1.75. The van der Waals surface area contributed by atoms with E-state index in [1.165, 1.54) is 12.1 Å². The molecular weight excluding hydrogens is 275 g/mol. The minimum absolute atomic E-state index is 0.0212. The lowest BCUT2D eigenvalue weighted by atomic mass is 9.90. The van der Waals surface area contributed by atoms with Crippen molar-refractivity contribution in [1.29, 1.82) is 0 Å². The van der Waals surface area contributed by atoms with E-state index in [0.717, 1.165) is 36.8 Å². The van der Waals surface area contributed by atoms with E-state index in [1.807, 2.05) is 6.92 Å². The molecule has 108 valence electrons. The molecule has 0 saturated carbocycles. The van der Waals surface area contributed by atoms with E-state index < -0.39 is 10.8 Å². The summed E-state index contributed by atoms with van der Waals surface area (Å²) in [7, 11) is -0.723. The maximum atomic E-state index is 13.3. The summed E-state index contributed by atoms with van der Waals surface area (Å²) >= 11 is 0. The number of ketones is 1. The number of aryl methyl sites for hydroxylation is 1. The lowest BCUT2D eigenvalue weighted by Crippen LogP contribution is -2.33. The maximum absolute atomic E-state index is 13.3. The zero-order valence-electron chi connectivity index (χ0n) is 11.6. The number of carbonyl (C=O) groups excluding carboxylic acids is 1. The van der Waals surface area contributed by atoms with Crippen LogP contribution in [0.25, 0.3) is 0 Å². The summed E-state index contributed by atoms with van der Waals surface area (Å²) in [6, 6.07) is 4.60. The van der Waals surface area contributed by atoms with Crippen LogP contribution in [-0.4, -0.2) is 20.5 Å². The van der Waals surface area contributed by atoms with Gasteiger partial charge in [-0.25, -0.2) is 4.39 Å². The zero-order valence-corrected chi connectivity index (χ0v) is 12.4. The van der Waals surface area contributed by atoms with Gasteiger partial charge in [-0.1, -0.05) is 6.07 Å². The molecule has 2 atom stereocenters. The highest BCUT2D eigenvalue weighted by Gasteiger charge is 2.42. The van der Waals surface area contributed by atoms with Gasteiger partial charge in [0.1, 0.15) is 11.6 Å². The summed E-state index contributed by atoms with van der Waals surface area (Å²) in [6.07, 6.45) is 3.83. The Bertz CT molecular complexity index is 554. The molecule has 4 heteroatoms. The second-order valence-corrected chi connectivity index (χ2v) is 8.02. The molecule has 1 aromatic carbocycles. The van der Waals surface area contributed by atoms with Gasteiger partial charge in [0.15, 0.2) is 0 Å². The van der Waals surface area contributed by atoms with E-state index in [9.17, 15) is 13.4 Å². The normalized spacial score (nSPS) is 32.3. The fraction of sp³-hybridized carbons (Fsp3) is 0.562. The molecule has 0 spiro atoms. The third-order valence-electron chi connectivity index (χ3n) is 4.69. The second-order valence-electron chi connectivity index (χ2n) is 6.03. The number of carbonyl (C=O) groups is 1. The molecule has 0 radical (unpaired) electrons. The monoisotopic (exact) mass is 294 g/mol. The number of rotatable bonds is 3. The quantitative estimate of drug-likeness (QED) is 0.859. The Kier molecular flexibility index (Phi) is 3.76. The topological polar surface area (TPSA) is 34.1 Å². The Balaban J connectivity index is 1.71. The Morgan fingerprint density at radius 1 is 1.30 bits per heavy atom. The standard InChI is InChI=1S/C16H19FO2S/c1-10-2-3-13(17)6-11(10)9-16(18)12-7-14-4-5-15(8-12)20(14)19/h2-3,6,12,14-15H,4-5,7-9H2,1H3. The van der Waals surface area contributed by atoms with Crippen LogP contribution in [0.3, 0.4) is 0 Å². The fourth-order valence-electron chi connectivity index (χ4n) is 3.46. The molecule has 2 bridgehead atoms. The number of hydrogen-bond acceptors (Lipinski definition) is 2. The number of hydrogen-bond donors (Lipinski definition) is 0. The van der Waals surface area contributed by atoms with Crippen LogP contribution in [0.5, 0.6) is 0 Å². The van der Waals surface area contributed by atoms with Crippen molar-refractivity contribution in [3.05, 3.63) is 35.1 Å². The van der Waals surface area contributed by atoms with Gasteiger partial charge in [-0.05, 0) is 55.9 Å². The van der Waals surface area contributed by atoms with Crippen LogP contribution in [0, 0.1) is 18.7 Å². The fourth-order valence-corrected chi connectivity index (χ4v) is 5.58. The van der Waals surface area contributed by atoms with Crippen LogP contribution in [-0.2, 0) is 22.0 Å². The van der Waals surface area contributed by atoms with Crippen molar-refractivity contribution in [2.75, 3.05) is 0 Å². The van der Waals surface area contributed by atoms with Gasteiger partial charge in [0.25, 0.3) is 0 Å². The van der Waals surface area contributed by atoms with Crippen molar-refractivity contribution < 1.29 is 13.4 Å². The summed E-state index contributed by atoms with van der Waals surface area (Å²) in [5.74, 6) is -0.0802. The molecule has 20 heavy (non-hydrogen) atoms. The number of fused-ring (bicyclic) bond motifs is 2. The van der Waals surface area contributed by atoms with E-state index in [2.05, 4.69) is 0 Å². The van der Waals surface area contributed by atoms with E-state index in [4.69, 9.17) is 0 Å². The van der Waals surface area contributed by atoms with Gasteiger partial charge in [0, 0.05) is 33.6 Å². The Morgan fingerprint density at radius 3 is 2.60 bits per heavy atom. The molecule has 2 heterocycles. The first-order valence-electron chi connectivity index (χ1n) is 7.21. The van der Waals surface area contributed by atoms with Crippen molar-refractivity contribution in [2.45, 2.75) is 49.5 Å². The third-order valence-corrected chi connectivity index (χ3v) is 6.86. The highest BCUT2D eigenvalue weighted by atomic mass is 32.2. The highest BCUT2D eigenvalue weighted by Crippen LogP contribution is 2.39. The van der Waals surface area contributed by atoms with E-state index in [0.29, 0.717) is 6.42 Å². The molecule has 2 aliphatic heterocycles. The molecule has 3 rings (SSSR count). The van der Waals surface area contributed by atoms with Gasteiger partial charge >= 0.3 is 0 Å². The average molecular weight is 294 g/mol. The van der Waals surface area contributed by atoms with Crippen LogP contribution >= 0.6 is 0 Å². The van der Waals surface area contributed by atoms with Gasteiger partial charge in [-0.3, -0.25) is 9.00 Å². The van der Waals surface area contributed by atoms with Gasteiger partial charge in [-0.2, -0.15) is 0 Å². The smallest absolute Gasteiger partial charge is 0.140 e. The van der Waals surface area contributed by atoms with Gasteiger partial charge in [0.2, 0.25) is 0 Å². The third kappa shape index (κ3) is 2.58. The molecule has 0 N–H and O–H groups in total. The predicted molar refractivity (Wildman–Crippen MR) is 77.5 cm³/mol. The van der Waals surface area contributed by atoms with Crippen molar-refractivity contribution >= 4 is 16.6 Å². The summed E-state index contributed by atoms with van der Waals surface area (Å²) in [5, 5.41) is 0.438. The van der Waals surface area contributed by atoms with Gasteiger partial charge in [-0.15, -0.1) is 0 Å².